The molecule has 0 saturated carbocycles. The molecular formula is C13H26NO2+. The zero-order valence-corrected chi connectivity index (χ0v) is 11.2. The van der Waals surface area contributed by atoms with Crippen molar-refractivity contribution in [2.45, 2.75) is 40.2 Å². The molecule has 0 atom stereocenters. The summed E-state index contributed by atoms with van der Waals surface area (Å²) < 4.78 is 6.08. The molecule has 0 amide bonds. The number of quaternary nitrogens is 1. The van der Waals surface area contributed by atoms with Crippen molar-refractivity contribution in [3.63, 3.8) is 0 Å². The monoisotopic (exact) mass is 228 g/mol. The number of rotatable bonds is 8. The van der Waals surface area contributed by atoms with Gasteiger partial charge in [-0.1, -0.05) is 6.58 Å². The molecule has 0 aliphatic heterocycles. The highest BCUT2D eigenvalue weighted by Crippen LogP contribution is 2.14. The number of esters is 1. The van der Waals surface area contributed by atoms with E-state index in [1.54, 1.807) is 0 Å². The number of carbonyl (C=O) groups is 1. The highest BCUT2D eigenvalue weighted by atomic mass is 16.5. The van der Waals surface area contributed by atoms with E-state index >= 15 is 0 Å². The third kappa shape index (κ3) is 4.35. The molecule has 16 heavy (non-hydrogen) atoms. The van der Waals surface area contributed by atoms with Gasteiger partial charge in [-0.3, -0.25) is 0 Å². The Morgan fingerprint density at radius 1 is 1.38 bits per heavy atom. The van der Waals surface area contributed by atoms with E-state index in [2.05, 4.69) is 34.3 Å². The minimum Gasteiger partial charge on any atom is -0.462 e. The maximum atomic E-state index is 10.9. The maximum absolute atomic E-state index is 10.9. The fourth-order valence-corrected chi connectivity index (χ4v) is 2.14. The Hall–Kier alpha value is -0.830. The lowest BCUT2D eigenvalue weighted by atomic mass is 10.2. The first-order valence-corrected chi connectivity index (χ1v) is 6.17. The van der Waals surface area contributed by atoms with Crippen molar-refractivity contribution in [1.29, 1.82) is 0 Å². The fraction of sp³-hybridized carbons (Fsp3) is 0.769. The highest BCUT2D eigenvalue weighted by molar-refractivity contribution is 5.81. The van der Waals surface area contributed by atoms with E-state index < -0.39 is 0 Å². The summed E-state index contributed by atoms with van der Waals surface area (Å²) >= 11 is 0. The molecule has 0 unspecified atom stereocenters. The number of hydrogen-bond donors (Lipinski definition) is 0. The Morgan fingerprint density at radius 3 is 2.31 bits per heavy atom. The molecule has 0 aromatic rings. The Balaban J connectivity index is 4.03. The van der Waals surface area contributed by atoms with Crippen LogP contribution in [0, 0.1) is 0 Å². The van der Waals surface area contributed by atoms with Crippen LogP contribution in [-0.4, -0.2) is 42.7 Å². The van der Waals surface area contributed by atoms with E-state index in [9.17, 15) is 4.79 Å². The maximum Gasteiger partial charge on any atom is 0.330 e. The molecule has 0 heterocycles. The van der Waals surface area contributed by atoms with Gasteiger partial charge in [0.2, 0.25) is 0 Å². The summed E-state index contributed by atoms with van der Waals surface area (Å²) in [4.78, 5) is 10.9. The number of carbonyl (C=O) groups excluding carboxylic acids is 1. The average Bonchev–Trinajstić information content (AvgIpc) is 2.29. The lowest BCUT2D eigenvalue weighted by Gasteiger charge is -2.40. The van der Waals surface area contributed by atoms with E-state index in [-0.39, 0.29) is 5.97 Å². The molecule has 0 saturated heterocycles. The number of ether oxygens (including phenoxy) is 1. The van der Waals surface area contributed by atoms with Gasteiger partial charge in [-0.25, -0.2) is 4.79 Å². The van der Waals surface area contributed by atoms with Crippen molar-refractivity contribution in [2.24, 2.45) is 0 Å². The highest BCUT2D eigenvalue weighted by Gasteiger charge is 2.26. The van der Waals surface area contributed by atoms with Crippen LogP contribution in [0.25, 0.3) is 0 Å². The van der Waals surface area contributed by atoms with Crippen molar-refractivity contribution < 1.29 is 14.0 Å². The molecule has 3 heteroatoms. The molecule has 0 N–H and O–H groups in total. The van der Waals surface area contributed by atoms with Crippen LogP contribution in [-0.2, 0) is 9.53 Å². The second-order valence-electron chi connectivity index (χ2n) is 4.39. The van der Waals surface area contributed by atoms with Crippen LogP contribution in [0.2, 0.25) is 0 Å². The van der Waals surface area contributed by atoms with Gasteiger partial charge in [0.05, 0.1) is 32.3 Å². The molecule has 0 aromatic heterocycles. The van der Waals surface area contributed by atoms with E-state index in [0.717, 1.165) is 30.5 Å². The van der Waals surface area contributed by atoms with Crippen LogP contribution in [0.5, 0.6) is 0 Å². The Labute approximate surface area is 99.7 Å². The molecular weight excluding hydrogens is 202 g/mol. The summed E-state index contributed by atoms with van der Waals surface area (Å²) in [6.45, 7) is 16.1. The molecule has 0 bridgehead atoms. The molecule has 0 rings (SSSR count). The molecule has 0 radical (unpaired) electrons. The van der Waals surface area contributed by atoms with Gasteiger partial charge in [-0.15, -0.1) is 0 Å². The van der Waals surface area contributed by atoms with E-state index in [1.807, 2.05) is 0 Å². The van der Waals surface area contributed by atoms with Gasteiger partial charge in [0.15, 0.2) is 0 Å². The predicted octanol–water partition coefficient (Wildman–Crippen LogP) is 2.37. The van der Waals surface area contributed by atoms with Crippen LogP contribution in [0.15, 0.2) is 12.7 Å². The molecule has 0 spiro atoms. The second-order valence-corrected chi connectivity index (χ2v) is 4.39. The number of nitrogens with zero attached hydrogens (tertiary/aromatic N) is 1. The first kappa shape index (κ1) is 15.2. The standard InChI is InChI=1S/C13H26NO2/c1-6-13(15)16-11-9-10-14(7-2,8-3)12(4)5/h6,12H,1,7-11H2,2-5H3/q+1. The number of hydrogen-bond acceptors (Lipinski definition) is 2. The van der Waals surface area contributed by atoms with Gasteiger partial charge >= 0.3 is 5.97 Å². The van der Waals surface area contributed by atoms with Crippen LogP contribution in [0.3, 0.4) is 0 Å². The van der Waals surface area contributed by atoms with Crippen LogP contribution >= 0.6 is 0 Å². The minimum absolute atomic E-state index is 0.323. The Bertz CT molecular complexity index is 220. The SMILES string of the molecule is C=CC(=O)OCCC[N+](CC)(CC)C(C)C. The predicted molar refractivity (Wildman–Crippen MR) is 67.1 cm³/mol. The third-order valence-corrected chi connectivity index (χ3v) is 3.51. The quantitative estimate of drug-likeness (QED) is 0.276. The fourth-order valence-electron chi connectivity index (χ4n) is 2.14. The van der Waals surface area contributed by atoms with Gasteiger partial charge in [0, 0.05) is 12.5 Å². The summed E-state index contributed by atoms with van der Waals surface area (Å²) in [6, 6.07) is 0.616. The van der Waals surface area contributed by atoms with Gasteiger partial charge < -0.3 is 9.22 Å². The largest absolute Gasteiger partial charge is 0.462 e. The lowest BCUT2D eigenvalue weighted by molar-refractivity contribution is -0.944. The normalized spacial score (nSPS) is 11.6. The Morgan fingerprint density at radius 2 is 1.94 bits per heavy atom. The van der Waals surface area contributed by atoms with E-state index in [0.29, 0.717) is 12.6 Å². The topological polar surface area (TPSA) is 26.3 Å². The van der Waals surface area contributed by atoms with Gasteiger partial charge in [-0.2, -0.15) is 0 Å². The summed E-state index contributed by atoms with van der Waals surface area (Å²) in [5, 5.41) is 0. The Kier molecular flexibility index (Phi) is 7.06. The second kappa shape index (κ2) is 7.44. The van der Waals surface area contributed by atoms with E-state index in [4.69, 9.17) is 4.74 Å². The molecule has 0 aliphatic carbocycles. The summed E-state index contributed by atoms with van der Waals surface area (Å²) in [7, 11) is 0. The molecule has 3 nitrogen and oxygen atoms in total. The van der Waals surface area contributed by atoms with Gasteiger partial charge in [-0.05, 0) is 27.7 Å². The first-order valence-electron chi connectivity index (χ1n) is 6.17. The minimum atomic E-state index is -0.323. The van der Waals surface area contributed by atoms with Gasteiger partial charge in [0.1, 0.15) is 0 Å². The van der Waals surface area contributed by atoms with Crippen LogP contribution in [0.1, 0.15) is 34.1 Å². The zero-order chi connectivity index (χ0) is 12.6. The summed E-state index contributed by atoms with van der Waals surface area (Å²) in [6.07, 6.45) is 2.13. The third-order valence-electron chi connectivity index (χ3n) is 3.51. The van der Waals surface area contributed by atoms with Crippen molar-refractivity contribution in [3.05, 3.63) is 12.7 Å². The van der Waals surface area contributed by atoms with Crippen molar-refractivity contribution in [2.75, 3.05) is 26.2 Å². The smallest absolute Gasteiger partial charge is 0.330 e. The average molecular weight is 228 g/mol. The van der Waals surface area contributed by atoms with E-state index in [1.165, 1.54) is 6.08 Å². The lowest BCUT2D eigenvalue weighted by Crippen LogP contribution is -2.53. The van der Waals surface area contributed by atoms with Gasteiger partial charge in [0.25, 0.3) is 0 Å². The van der Waals surface area contributed by atoms with Crippen LogP contribution in [0.4, 0.5) is 0 Å². The molecule has 0 aromatic carbocycles. The van der Waals surface area contributed by atoms with Crippen LogP contribution < -0.4 is 0 Å². The zero-order valence-electron chi connectivity index (χ0n) is 11.2. The summed E-state index contributed by atoms with van der Waals surface area (Å²) in [5.41, 5.74) is 0. The molecule has 94 valence electrons. The summed E-state index contributed by atoms with van der Waals surface area (Å²) in [5.74, 6) is -0.323. The van der Waals surface area contributed by atoms with Crippen molar-refractivity contribution in [3.8, 4) is 0 Å². The van der Waals surface area contributed by atoms with Crippen molar-refractivity contribution >= 4 is 5.97 Å². The van der Waals surface area contributed by atoms with Crippen molar-refractivity contribution in [1.82, 2.24) is 0 Å². The first-order chi connectivity index (χ1) is 7.52. The molecule has 0 fully saturated rings. The molecule has 0 aliphatic rings.